The number of aromatic nitrogens is 3. The monoisotopic (exact) mass is 435 g/mol. The average molecular weight is 436 g/mol. The third kappa shape index (κ3) is 2.15. The zero-order valence-corrected chi connectivity index (χ0v) is 17.3. The van der Waals surface area contributed by atoms with Crippen LogP contribution >= 0.6 is 22.9 Å². The van der Waals surface area contributed by atoms with Crippen molar-refractivity contribution in [2.24, 2.45) is 0 Å². The number of hydrogen-bond donors (Lipinski definition) is 1. The summed E-state index contributed by atoms with van der Waals surface area (Å²) in [6.45, 7) is 0. The summed E-state index contributed by atoms with van der Waals surface area (Å²) in [6, 6.07) is 13.1. The number of thiazole rings is 1. The highest BCUT2D eigenvalue weighted by Crippen LogP contribution is 2.52. The van der Waals surface area contributed by atoms with E-state index < -0.39 is 5.41 Å². The van der Waals surface area contributed by atoms with Crippen molar-refractivity contribution in [3.8, 4) is 5.13 Å². The van der Waals surface area contributed by atoms with Crippen LogP contribution in [0.3, 0.4) is 0 Å². The number of carbonyl (C=O) groups is 2. The second-order valence-corrected chi connectivity index (χ2v) is 8.88. The van der Waals surface area contributed by atoms with E-state index in [-0.39, 0.29) is 18.2 Å². The van der Waals surface area contributed by atoms with Gasteiger partial charge in [0.1, 0.15) is 11.2 Å². The van der Waals surface area contributed by atoms with E-state index in [2.05, 4.69) is 15.4 Å². The Balaban J connectivity index is 1.61. The maximum Gasteiger partial charge on any atom is 0.242 e. The van der Waals surface area contributed by atoms with Crippen LogP contribution in [0.15, 0.2) is 48.7 Å². The summed E-state index contributed by atoms with van der Waals surface area (Å²) in [4.78, 5) is 32.5. The summed E-state index contributed by atoms with van der Waals surface area (Å²) in [7, 11) is 1.72. The average Bonchev–Trinajstić information content (AvgIpc) is 3.39. The van der Waals surface area contributed by atoms with Crippen LogP contribution in [0.1, 0.15) is 17.5 Å². The SMILES string of the molecule is CN1C(=O)[C@@]2(CC(=O)Nc3c2cnn3-c2nc3ccccc3s2)c2cc(Cl)ccc21. The van der Waals surface area contributed by atoms with Crippen LogP contribution in [0, 0.1) is 0 Å². The predicted octanol–water partition coefficient (Wildman–Crippen LogP) is 3.74. The van der Waals surface area contributed by atoms with Crippen molar-refractivity contribution >= 4 is 56.5 Å². The summed E-state index contributed by atoms with van der Waals surface area (Å²) in [5, 5.41) is 8.57. The highest BCUT2D eigenvalue weighted by molar-refractivity contribution is 7.20. The number of para-hydroxylation sites is 1. The van der Waals surface area contributed by atoms with Crippen LogP contribution in [0.25, 0.3) is 15.3 Å². The van der Waals surface area contributed by atoms with Gasteiger partial charge < -0.3 is 10.2 Å². The molecule has 0 radical (unpaired) electrons. The van der Waals surface area contributed by atoms with Crippen molar-refractivity contribution in [1.82, 2.24) is 14.8 Å². The van der Waals surface area contributed by atoms with E-state index in [9.17, 15) is 9.59 Å². The highest BCUT2D eigenvalue weighted by Gasteiger charge is 2.56. The van der Waals surface area contributed by atoms with Crippen LogP contribution in [-0.2, 0) is 15.0 Å². The first kappa shape index (κ1) is 17.6. The molecule has 2 aliphatic heterocycles. The predicted molar refractivity (Wildman–Crippen MR) is 116 cm³/mol. The van der Waals surface area contributed by atoms with Gasteiger partial charge in [-0.15, -0.1) is 0 Å². The van der Waals surface area contributed by atoms with Crippen LogP contribution in [0.4, 0.5) is 11.5 Å². The molecule has 30 heavy (non-hydrogen) atoms. The van der Waals surface area contributed by atoms with Crippen molar-refractivity contribution in [2.75, 3.05) is 17.3 Å². The third-order valence-electron chi connectivity index (χ3n) is 5.83. The number of hydrogen-bond acceptors (Lipinski definition) is 5. The van der Waals surface area contributed by atoms with Crippen LogP contribution in [0.2, 0.25) is 5.02 Å². The summed E-state index contributed by atoms with van der Waals surface area (Å²) in [5.41, 5.74) is 1.83. The summed E-state index contributed by atoms with van der Waals surface area (Å²) < 4.78 is 2.62. The number of amides is 2. The number of carbonyl (C=O) groups excluding carboxylic acids is 2. The number of nitrogens with zero attached hydrogens (tertiary/aromatic N) is 4. The maximum atomic E-state index is 13.5. The molecule has 148 valence electrons. The first-order valence-corrected chi connectivity index (χ1v) is 10.5. The second-order valence-electron chi connectivity index (χ2n) is 7.44. The normalized spacial score (nSPS) is 20.0. The zero-order chi connectivity index (χ0) is 20.6. The molecular formula is C21H14ClN5O2S. The Labute approximate surface area is 179 Å². The smallest absolute Gasteiger partial charge is 0.242 e. The molecule has 0 saturated heterocycles. The van der Waals surface area contributed by atoms with E-state index in [1.54, 1.807) is 35.0 Å². The lowest BCUT2D eigenvalue weighted by molar-refractivity contribution is -0.126. The number of anilines is 2. The molecule has 1 N–H and O–H groups in total. The van der Waals surface area contributed by atoms with Crippen molar-refractivity contribution in [3.63, 3.8) is 0 Å². The highest BCUT2D eigenvalue weighted by atomic mass is 35.5. The fraction of sp³-hybridized carbons (Fsp3) is 0.143. The largest absolute Gasteiger partial charge is 0.314 e. The summed E-state index contributed by atoms with van der Waals surface area (Å²) in [6.07, 6.45) is 1.66. The number of nitrogens with one attached hydrogen (secondary N) is 1. The van der Waals surface area contributed by atoms with E-state index in [0.29, 0.717) is 21.5 Å². The lowest BCUT2D eigenvalue weighted by atomic mass is 9.72. The van der Waals surface area contributed by atoms with E-state index in [4.69, 9.17) is 11.6 Å². The van der Waals surface area contributed by atoms with Crippen molar-refractivity contribution in [1.29, 1.82) is 0 Å². The number of likely N-dealkylation sites (N-methyl/N-ethyl adjacent to an activating group) is 1. The van der Waals surface area contributed by atoms with Crippen molar-refractivity contribution in [3.05, 3.63) is 64.8 Å². The molecule has 7 nitrogen and oxygen atoms in total. The molecule has 2 aromatic carbocycles. The van der Waals surface area contributed by atoms with Gasteiger partial charge in [0.25, 0.3) is 0 Å². The number of rotatable bonds is 1. The van der Waals surface area contributed by atoms with Gasteiger partial charge in [-0.05, 0) is 35.9 Å². The van der Waals surface area contributed by atoms with Gasteiger partial charge in [-0.25, -0.2) is 4.98 Å². The molecule has 0 saturated carbocycles. The molecule has 9 heteroatoms. The summed E-state index contributed by atoms with van der Waals surface area (Å²) >= 11 is 7.74. The third-order valence-corrected chi connectivity index (χ3v) is 7.07. The molecule has 2 aromatic heterocycles. The van der Waals surface area contributed by atoms with Gasteiger partial charge in [0, 0.05) is 29.7 Å². The Bertz CT molecular complexity index is 1360. The maximum absolute atomic E-state index is 13.5. The molecule has 1 spiro atoms. The molecular weight excluding hydrogens is 422 g/mol. The molecule has 0 aliphatic carbocycles. The Kier molecular flexibility index (Phi) is 3.46. The molecule has 6 rings (SSSR count). The van der Waals surface area contributed by atoms with Gasteiger partial charge in [-0.1, -0.05) is 35.1 Å². The fourth-order valence-corrected chi connectivity index (χ4v) is 5.58. The quantitative estimate of drug-likeness (QED) is 0.494. The zero-order valence-electron chi connectivity index (χ0n) is 15.7. The van der Waals surface area contributed by atoms with Crippen molar-refractivity contribution < 1.29 is 9.59 Å². The second kappa shape index (κ2) is 5.90. The van der Waals surface area contributed by atoms with Gasteiger partial charge in [0.15, 0.2) is 0 Å². The molecule has 4 aromatic rings. The lowest BCUT2D eigenvalue weighted by Crippen LogP contribution is -2.45. The van der Waals surface area contributed by atoms with Gasteiger partial charge in [-0.3, -0.25) is 9.59 Å². The van der Waals surface area contributed by atoms with E-state index in [1.165, 1.54) is 11.3 Å². The minimum atomic E-state index is -1.15. The van der Waals surface area contributed by atoms with Crippen molar-refractivity contribution in [2.45, 2.75) is 11.8 Å². The Hall–Kier alpha value is -3.23. The fourth-order valence-electron chi connectivity index (χ4n) is 4.47. The van der Waals surface area contributed by atoms with E-state index in [1.807, 2.05) is 30.3 Å². The van der Waals surface area contributed by atoms with Gasteiger partial charge in [0.2, 0.25) is 16.9 Å². The Morgan fingerprint density at radius 2 is 2.00 bits per heavy atom. The molecule has 2 aliphatic rings. The molecule has 1 atom stereocenters. The lowest BCUT2D eigenvalue weighted by Gasteiger charge is -2.32. The first-order valence-electron chi connectivity index (χ1n) is 9.31. The number of benzene rings is 2. The Morgan fingerprint density at radius 1 is 1.17 bits per heavy atom. The van der Waals surface area contributed by atoms with Gasteiger partial charge >= 0.3 is 0 Å². The van der Waals surface area contributed by atoms with Crippen LogP contribution in [0.5, 0.6) is 0 Å². The van der Waals surface area contributed by atoms with Gasteiger partial charge in [-0.2, -0.15) is 9.78 Å². The Morgan fingerprint density at radius 3 is 2.83 bits per heavy atom. The molecule has 2 amide bonds. The van der Waals surface area contributed by atoms with Crippen LogP contribution < -0.4 is 10.2 Å². The molecule has 0 fully saturated rings. The minimum Gasteiger partial charge on any atom is -0.314 e. The minimum absolute atomic E-state index is 0.00204. The van der Waals surface area contributed by atoms with Crippen LogP contribution in [-0.4, -0.2) is 33.6 Å². The standard InChI is InChI=1S/C21H14ClN5O2S/c1-26-15-7-6-11(22)8-12(15)21(19(26)29)9-17(28)25-18-13(21)10-23-27(18)20-24-14-4-2-3-5-16(14)30-20/h2-8,10H,9H2,1H3,(H,25,28)/t21-/m0/s1. The van der Waals surface area contributed by atoms with E-state index in [0.717, 1.165) is 21.5 Å². The number of halogens is 1. The number of fused-ring (bicyclic) bond motifs is 5. The van der Waals surface area contributed by atoms with E-state index >= 15 is 0 Å². The first-order chi connectivity index (χ1) is 14.5. The molecule has 0 unspecified atom stereocenters. The molecule has 4 heterocycles. The topological polar surface area (TPSA) is 80.1 Å². The summed E-state index contributed by atoms with van der Waals surface area (Å²) in [5.74, 6) is 0.0551. The molecule has 0 bridgehead atoms. The van der Waals surface area contributed by atoms with Gasteiger partial charge in [0.05, 0.1) is 16.4 Å².